The van der Waals surface area contributed by atoms with E-state index >= 15 is 0 Å². The van der Waals surface area contributed by atoms with Crippen LogP contribution in [0.5, 0.6) is 0 Å². The maximum atomic E-state index is 12.4. The van der Waals surface area contributed by atoms with Gasteiger partial charge in [-0.25, -0.2) is 13.2 Å². The number of carboxylic acids is 1. The zero-order chi connectivity index (χ0) is 13.7. The molecule has 1 aromatic rings. The molecule has 1 aromatic carbocycles. The van der Waals surface area contributed by atoms with Gasteiger partial charge in [0.25, 0.3) is 0 Å². The van der Waals surface area contributed by atoms with Gasteiger partial charge in [-0.1, -0.05) is 12.5 Å². The summed E-state index contributed by atoms with van der Waals surface area (Å²) in [5.41, 5.74) is 0.0596. The van der Waals surface area contributed by atoms with Crippen LogP contribution < -0.4 is 5.32 Å². The van der Waals surface area contributed by atoms with Gasteiger partial charge in [-0.2, -0.15) is 0 Å². The van der Waals surface area contributed by atoms with Crippen molar-refractivity contribution in [2.75, 3.05) is 17.6 Å². The number of rotatable bonds is 1. The maximum Gasteiger partial charge on any atom is 0.337 e. The van der Waals surface area contributed by atoms with Gasteiger partial charge in [0.1, 0.15) is 0 Å². The highest BCUT2D eigenvalue weighted by Gasteiger charge is 2.44. The van der Waals surface area contributed by atoms with Crippen LogP contribution >= 0.6 is 0 Å². The van der Waals surface area contributed by atoms with Crippen molar-refractivity contribution in [3.63, 3.8) is 0 Å². The van der Waals surface area contributed by atoms with Gasteiger partial charge in [-0.3, -0.25) is 0 Å². The number of para-hydroxylation sites is 1. The van der Waals surface area contributed by atoms with Crippen molar-refractivity contribution in [3.8, 4) is 0 Å². The summed E-state index contributed by atoms with van der Waals surface area (Å²) in [5.74, 6) is -0.993. The molecule has 0 atom stereocenters. The number of aromatic carboxylic acids is 1. The van der Waals surface area contributed by atoms with Crippen LogP contribution in [-0.2, 0) is 9.84 Å². The highest BCUT2D eigenvalue weighted by molar-refractivity contribution is 7.91. The summed E-state index contributed by atoms with van der Waals surface area (Å²) in [7, 11) is -3.43. The van der Waals surface area contributed by atoms with Crippen LogP contribution in [0.2, 0.25) is 0 Å². The molecule has 2 N–H and O–H groups in total. The number of carbonyl (C=O) groups is 1. The van der Waals surface area contributed by atoms with Gasteiger partial charge in [0, 0.05) is 12.0 Å². The first-order valence-electron chi connectivity index (χ1n) is 6.27. The molecule has 0 aromatic heterocycles. The van der Waals surface area contributed by atoms with Crippen molar-refractivity contribution in [2.45, 2.75) is 24.2 Å². The Morgan fingerprint density at radius 2 is 2.05 bits per heavy atom. The molecule has 0 bridgehead atoms. The van der Waals surface area contributed by atoms with Gasteiger partial charge in [0.15, 0.2) is 9.84 Å². The average Bonchev–Trinajstić information content (AvgIpc) is 2.43. The van der Waals surface area contributed by atoms with E-state index in [2.05, 4.69) is 5.32 Å². The lowest BCUT2D eigenvalue weighted by atomic mass is 9.70. The van der Waals surface area contributed by atoms with Gasteiger partial charge < -0.3 is 10.4 Å². The van der Waals surface area contributed by atoms with Gasteiger partial charge in [-0.15, -0.1) is 0 Å². The molecule has 1 aliphatic carbocycles. The molecule has 1 fully saturated rings. The molecule has 1 saturated carbocycles. The topological polar surface area (TPSA) is 83.5 Å². The predicted molar refractivity (Wildman–Crippen MR) is 70.2 cm³/mol. The minimum absolute atomic E-state index is 0.0254. The van der Waals surface area contributed by atoms with Crippen molar-refractivity contribution < 1.29 is 18.3 Å². The molecular formula is C13H15NO4S. The molecule has 102 valence electrons. The number of benzene rings is 1. The van der Waals surface area contributed by atoms with Crippen LogP contribution in [-0.4, -0.2) is 31.8 Å². The van der Waals surface area contributed by atoms with Gasteiger partial charge in [0.05, 0.1) is 21.9 Å². The molecule has 1 aliphatic heterocycles. The molecule has 6 heteroatoms. The number of anilines is 1. The summed E-state index contributed by atoms with van der Waals surface area (Å²) in [4.78, 5) is 11.3. The number of hydrogen-bond acceptors (Lipinski definition) is 4. The fourth-order valence-electron chi connectivity index (χ4n) is 2.96. The molecule has 1 heterocycles. The third-order valence-corrected chi connectivity index (χ3v) is 6.15. The lowest BCUT2D eigenvalue weighted by Gasteiger charge is -2.40. The van der Waals surface area contributed by atoms with Crippen molar-refractivity contribution >= 4 is 21.5 Å². The van der Waals surface area contributed by atoms with Crippen LogP contribution in [0, 0.1) is 5.41 Å². The number of sulfone groups is 1. The number of carboxylic acid groups (broad SMARTS) is 1. The van der Waals surface area contributed by atoms with Gasteiger partial charge in [0.2, 0.25) is 0 Å². The average molecular weight is 281 g/mol. The van der Waals surface area contributed by atoms with Crippen LogP contribution in [0.15, 0.2) is 23.1 Å². The Morgan fingerprint density at radius 1 is 1.32 bits per heavy atom. The Hall–Kier alpha value is -1.56. The summed E-state index contributed by atoms with van der Waals surface area (Å²) in [6, 6.07) is 4.41. The van der Waals surface area contributed by atoms with E-state index in [0.717, 1.165) is 19.3 Å². The van der Waals surface area contributed by atoms with E-state index in [0.29, 0.717) is 6.54 Å². The Kier molecular flexibility index (Phi) is 2.60. The van der Waals surface area contributed by atoms with Crippen LogP contribution in [0.3, 0.4) is 0 Å². The van der Waals surface area contributed by atoms with E-state index in [9.17, 15) is 13.2 Å². The number of nitrogens with one attached hydrogen (secondary N) is 1. The Balaban J connectivity index is 2.15. The first-order chi connectivity index (χ1) is 8.94. The van der Waals surface area contributed by atoms with E-state index in [1.54, 1.807) is 0 Å². The maximum absolute atomic E-state index is 12.4. The fraction of sp³-hybridized carbons (Fsp3) is 0.462. The molecule has 0 radical (unpaired) electrons. The molecule has 0 saturated heterocycles. The van der Waals surface area contributed by atoms with Crippen molar-refractivity contribution in [3.05, 3.63) is 23.8 Å². The first kappa shape index (κ1) is 12.5. The first-order valence-corrected chi connectivity index (χ1v) is 7.92. The van der Waals surface area contributed by atoms with Gasteiger partial charge >= 0.3 is 5.97 Å². The van der Waals surface area contributed by atoms with E-state index in [4.69, 9.17) is 5.11 Å². The van der Waals surface area contributed by atoms with E-state index in [1.807, 2.05) is 0 Å². The Bertz CT molecular complexity index is 647. The standard InChI is InChI=1S/C13H15NO4S/c15-12(16)9-3-1-4-10-11(9)14-7-13(5-2-6-13)8-19(10,17)18/h1,3-4,14H,2,5-8H2,(H,15,16). The second kappa shape index (κ2) is 3.96. The quantitative estimate of drug-likeness (QED) is 0.819. The summed E-state index contributed by atoms with van der Waals surface area (Å²) in [6.07, 6.45) is 2.81. The summed E-state index contributed by atoms with van der Waals surface area (Å²) in [5, 5.41) is 12.2. The molecule has 2 aliphatic rings. The zero-order valence-corrected chi connectivity index (χ0v) is 11.2. The predicted octanol–water partition coefficient (Wildman–Crippen LogP) is 1.75. The number of hydrogen-bond donors (Lipinski definition) is 2. The molecular weight excluding hydrogens is 266 g/mol. The smallest absolute Gasteiger partial charge is 0.337 e. The lowest BCUT2D eigenvalue weighted by Crippen LogP contribution is -2.40. The third kappa shape index (κ3) is 1.90. The van der Waals surface area contributed by atoms with Crippen molar-refractivity contribution in [1.82, 2.24) is 0 Å². The molecule has 5 nitrogen and oxygen atoms in total. The second-order valence-electron chi connectivity index (χ2n) is 5.45. The normalized spacial score (nSPS) is 22.7. The van der Waals surface area contributed by atoms with Crippen LogP contribution in [0.1, 0.15) is 29.6 Å². The molecule has 0 amide bonds. The monoisotopic (exact) mass is 281 g/mol. The van der Waals surface area contributed by atoms with E-state index < -0.39 is 15.8 Å². The van der Waals surface area contributed by atoms with Crippen molar-refractivity contribution in [1.29, 1.82) is 0 Å². The van der Waals surface area contributed by atoms with Crippen LogP contribution in [0.25, 0.3) is 0 Å². The second-order valence-corrected chi connectivity index (χ2v) is 7.41. The Morgan fingerprint density at radius 3 is 2.63 bits per heavy atom. The number of fused-ring (bicyclic) bond motifs is 1. The lowest BCUT2D eigenvalue weighted by molar-refractivity contribution is 0.0697. The molecule has 0 unspecified atom stereocenters. The fourth-order valence-corrected chi connectivity index (χ4v) is 5.09. The SMILES string of the molecule is O=C(O)c1cccc2c1NCC1(CCC1)CS2(=O)=O. The van der Waals surface area contributed by atoms with Gasteiger partial charge in [-0.05, 0) is 25.0 Å². The third-order valence-electron chi connectivity index (χ3n) is 4.14. The molecule has 19 heavy (non-hydrogen) atoms. The zero-order valence-electron chi connectivity index (χ0n) is 10.3. The largest absolute Gasteiger partial charge is 0.478 e. The van der Waals surface area contributed by atoms with E-state index in [1.165, 1.54) is 18.2 Å². The van der Waals surface area contributed by atoms with E-state index in [-0.39, 0.29) is 27.3 Å². The minimum Gasteiger partial charge on any atom is -0.478 e. The van der Waals surface area contributed by atoms with Crippen molar-refractivity contribution in [2.24, 2.45) is 5.41 Å². The summed E-state index contributed by atoms with van der Waals surface area (Å²) < 4.78 is 24.9. The van der Waals surface area contributed by atoms with Crippen LogP contribution in [0.4, 0.5) is 5.69 Å². The molecule has 3 rings (SSSR count). The molecule has 1 spiro atoms. The summed E-state index contributed by atoms with van der Waals surface area (Å²) >= 11 is 0. The summed E-state index contributed by atoms with van der Waals surface area (Å²) in [6.45, 7) is 0.531. The highest BCUT2D eigenvalue weighted by atomic mass is 32.2. The Labute approximate surface area is 111 Å². The minimum atomic E-state index is -3.43. The highest BCUT2D eigenvalue weighted by Crippen LogP contribution is 2.46.